The van der Waals surface area contributed by atoms with E-state index in [0.29, 0.717) is 30.1 Å². The molecular weight excluding hydrogens is 424 g/mol. The molecule has 0 bridgehead atoms. The van der Waals surface area contributed by atoms with Gasteiger partial charge in [-0.15, -0.1) is 0 Å². The number of nitro groups is 1. The fraction of sp³-hybridized carbons (Fsp3) is 0.235. The van der Waals surface area contributed by atoms with Crippen LogP contribution in [0.3, 0.4) is 0 Å². The first-order valence-electron chi connectivity index (χ1n) is 8.35. The van der Waals surface area contributed by atoms with Crippen LogP contribution in [0, 0.1) is 10.1 Å². The lowest BCUT2D eigenvalue weighted by Crippen LogP contribution is -2.20. The normalized spacial score (nSPS) is 17.4. The molecule has 2 N–H and O–H groups in total. The summed E-state index contributed by atoms with van der Waals surface area (Å²) in [6.45, 7) is 1.16. The van der Waals surface area contributed by atoms with E-state index in [9.17, 15) is 18.5 Å². The summed E-state index contributed by atoms with van der Waals surface area (Å²) in [7, 11) is -4.20. The number of hydrogen-bond acceptors (Lipinski definition) is 7. The first kappa shape index (κ1) is 19.1. The molecule has 4 rings (SSSR count). The first-order chi connectivity index (χ1) is 13.2. The molecule has 0 saturated carbocycles. The number of para-hydroxylation sites is 1. The predicted molar refractivity (Wildman–Crippen MR) is 109 cm³/mol. The van der Waals surface area contributed by atoms with Crippen LogP contribution in [0.5, 0.6) is 0 Å². The Labute approximate surface area is 169 Å². The maximum Gasteiger partial charge on any atom is 0.292 e. The Bertz CT molecular complexity index is 1200. The summed E-state index contributed by atoms with van der Waals surface area (Å²) in [4.78, 5) is 17.1. The number of aromatic nitrogens is 1. The number of primary sulfonamides is 1. The van der Waals surface area contributed by atoms with Gasteiger partial charge >= 0.3 is 0 Å². The van der Waals surface area contributed by atoms with Gasteiger partial charge in [-0.05, 0) is 30.7 Å². The maximum atomic E-state index is 11.8. The van der Waals surface area contributed by atoms with Crippen molar-refractivity contribution >= 4 is 54.0 Å². The molecule has 2 aromatic carbocycles. The third kappa shape index (κ3) is 3.44. The van der Waals surface area contributed by atoms with Crippen molar-refractivity contribution in [2.45, 2.75) is 17.2 Å². The quantitative estimate of drug-likeness (QED) is 0.491. The monoisotopic (exact) mass is 438 g/mol. The van der Waals surface area contributed by atoms with Gasteiger partial charge in [0, 0.05) is 29.6 Å². The highest BCUT2D eigenvalue weighted by Gasteiger charge is 2.34. The predicted octanol–water partition coefficient (Wildman–Crippen LogP) is 3.50. The van der Waals surface area contributed by atoms with Gasteiger partial charge in [0.25, 0.3) is 5.69 Å². The summed E-state index contributed by atoms with van der Waals surface area (Å²) in [6, 6.07) is 9.74. The molecule has 3 aromatic rings. The minimum Gasteiger partial charge on any atom is -0.347 e. The highest BCUT2D eigenvalue weighted by molar-refractivity contribution is 7.89. The Balaban J connectivity index is 1.68. The fourth-order valence-corrected chi connectivity index (χ4v) is 5.51. The van der Waals surface area contributed by atoms with E-state index >= 15 is 0 Å². The SMILES string of the molecule is NS(=O)(=O)c1cccc(C2CCN(c3nc4ccc(Cl)cc4s3)C2)c1[N+](=O)[O-]. The second kappa shape index (κ2) is 6.96. The van der Waals surface area contributed by atoms with Crippen LogP contribution in [0.25, 0.3) is 10.2 Å². The maximum absolute atomic E-state index is 11.8. The number of nitrogens with zero attached hydrogens (tertiary/aromatic N) is 3. The lowest BCUT2D eigenvalue weighted by atomic mass is 9.97. The molecule has 11 heteroatoms. The first-order valence-corrected chi connectivity index (χ1v) is 11.1. The number of nitro benzene ring substituents is 1. The lowest BCUT2D eigenvalue weighted by molar-refractivity contribution is -0.388. The van der Waals surface area contributed by atoms with Gasteiger partial charge in [0.05, 0.1) is 15.1 Å². The van der Waals surface area contributed by atoms with Crippen LogP contribution >= 0.6 is 22.9 Å². The molecule has 1 aliphatic heterocycles. The smallest absolute Gasteiger partial charge is 0.292 e. The van der Waals surface area contributed by atoms with E-state index in [-0.39, 0.29) is 5.92 Å². The molecule has 2 heterocycles. The van der Waals surface area contributed by atoms with E-state index in [1.165, 1.54) is 23.5 Å². The van der Waals surface area contributed by atoms with Gasteiger partial charge in [-0.25, -0.2) is 18.5 Å². The number of nitrogens with two attached hydrogens (primary N) is 1. The molecule has 0 radical (unpaired) electrons. The van der Waals surface area contributed by atoms with Gasteiger partial charge in [0.2, 0.25) is 10.0 Å². The number of fused-ring (bicyclic) bond motifs is 1. The summed E-state index contributed by atoms with van der Waals surface area (Å²) < 4.78 is 24.5. The number of rotatable bonds is 4. The summed E-state index contributed by atoms with van der Waals surface area (Å²) in [5.41, 5.74) is 0.783. The van der Waals surface area contributed by atoms with Gasteiger partial charge in [-0.3, -0.25) is 10.1 Å². The molecule has 28 heavy (non-hydrogen) atoms. The average Bonchev–Trinajstić information content (AvgIpc) is 3.26. The Hall–Kier alpha value is -2.27. The van der Waals surface area contributed by atoms with E-state index in [0.717, 1.165) is 15.3 Å². The van der Waals surface area contributed by atoms with Crippen molar-refractivity contribution in [3.63, 3.8) is 0 Å². The van der Waals surface area contributed by atoms with Crippen LogP contribution in [0.4, 0.5) is 10.8 Å². The molecular formula is C17H15ClN4O4S2. The van der Waals surface area contributed by atoms with Crippen molar-refractivity contribution in [2.75, 3.05) is 18.0 Å². The van der Waals surface area contributed by atoms with Crippen molar-refractivity contribution in [1.82, 2.24) is 4.98 Å². The van der Waals surface area contributed by atoms with E-state index < -0.39 is 25.5 Å². The number of anilines is 1. The van der Waals surface area contributed by atoms with Crippen molar-refractivity contribution < 1.29 is 13.3 Å². The molecule has 1 saturated heterocycles. The molecule has 1 unspecified atom stereocenters. The fourth-order valence-electron chi connectivity index (χ4n) is 3.50. The Morgan fingerprint density at radius 2 is 2.11 bits per heavy atom. The van der Waals surface area contributed by atoms with Crippen LogP contribution in [0.2, 0.25) is 5.02 Å². The van der Waals surface area contributed by atoms with Gasteiger partial charge in [0.15, 0.2) is 10.0 Å². The summed E-state index contributed by atoms with van der Waals surface area (Å²) in [5.74, 6) is -0.197. The molecule has 146 valence electrons. The minimum absolute atomic E-state index is 0.197. The van der Waals surface area contributed by atoms with E-state index in [4.69, 9.17) is 16.7 Å². The van der Waals surface area contributed by atoms with Crippen LogP contribution in [0.15, 0.2) is 41.3 Å². The molecule has 0 spiro atoms. The third-order valence-corrected chi connectivity index (χ3v) is 7.01. The van der Waals surface area contributed by atoms with Crippen molar-refractivity contribution in [1.29, 1.82) is 0 Å². The number of thiazole rings is 1. The Morgan fingerprint density at radius 1 is 1.32 bits per heavy atom. The molecule has 0 amide bonds. The zero-order valence-electron chi connectivity index (χ0n) is 14.4. The molecule has 0 aliphatic carbocycles. The highest BCUT2D eigenvalue weighted by atomic mass is 35.5. The topological polar surface area (TPSA) is 119 Å². The highest BCUT2D eigenvalue weighted by Crippen LogP contribution is 2.40. The van der Waals surface area contributed by atoms with Gasteiger partial charge in [-0.2, -0.15) is 0 Å². The number of halogens is 1. The van der Waals surface area contributed by atoms with Crippen LogP contribution in [0.1, 0.15) is 17.9 Å². The summed E-state index contributed by atoms with van der Waals surface area (Å²) >= 11 is 7.54. The van der Waals surface area contributed by atoms with Crippen molar-refractivity contribution in [3.8, 4) is 0 Å². The Morgan fingerprint density at radius 3 is 2.82 bits per heavy atom. The zero-order valence-corrected chi connectivity index (χ0v) is 16.8. The van der Waals surface area contributed by atoms with Gasteiger partial charge in [-0.1, -0.05) is 35.1 Å². The second-order valence-corrected chi connectivity index (χ2v) is 9.51. The molecule has 8 nitrogen and oxygen atoms in total. The number of hydrogen-bond donors (Lipinski definition) is 1. The van der Waals surface area contributed by atoms with Gasteiger partial charge < -0.3 is 4.90 Å². The van der Waals surface area contributed by atoms with Crippen molar-refractivity contribution in [2.24, 2.45) is 5.14 Å². The third-order valence-electron chi connectivity index (χ3n) is 4.76. The lowest BCUT2D eigenvalue weighted by Gasteiger charge is -2.15. The van der Waals surface area contributed by atoms with Gasteiger partial charge in [0.1, 0.15) is 0 Å². The molecule has 1 aliphatic rings. The molecule has 1 atom stereocenters. The second-order valence-electron chi connectivity index (χ2n) is 6.54. The van der Waals surface area contributed by atoms with Crippen molar-refractivity contribution in [3.05, 3.63) is 57.1 Å². The van der Waals surface area contributed by atoms with Crippen LogP contribution in [-0.4, -0.2) is 31.4 Å². The zero-order chi connectivity index (χ0) is 20.1. The number of sulfonamides is 1. The van der Waals surface area contributed by atoms with Crippen LogP contribution in [-0.2, 0) is 10.0 Å². The average molecular weight is 439 g/mol. The summed E-state index contributed by atoms with van der Waals surface area (Å²) in [5, 5.41) is 18.2. The van der Waals surface area contributed by atoms with E-state index in [1.54, 1.807) is 12.1 Å². The number of benzene rings is 2. The summed E-state index contributed by atoms with van der Waals surface area (Å²) in [6.07, 6.45) is 0.644. The van der Waals surface area contributed by atoms with E-state index in [1.807, 2.05) is 12.1 Å². The van der Waals surface area contributed by atoms with E-state index in [2.05, 4.69) is 9.88 Å². The molecule has 1 fully saturated rings. The largest absolute Gasteiger partial charge is 0.347 e. The minimum atomic E-state index is -4.20. The van der Waals surface area contributed by atoms with Crippen LogP contribution < -0.4 is 10.0 Å². The molecule has 1 aromatic heterocycles. The standard InChI is InChI=1S/C17H15ClN4O4S2/c18-11-4-5-13-14(8-11)27-17(20-13)21-7-6-10(9-21)12-2-1-3-15(28(19,25)26)16(12)22(23)24/h1-5,8,10H,6-7,9H2,(H2,19,25,26). The Kier molecular flexibility index (Phi) is 4.74.